The Morgan fingerprint density at radius 2 is 1.52 bits per heavy atom. The highest BCUT2D eigenvalue weighted by Crippen LogP contribution is 2.14. The second-order valence-corrected chi connectivity index (χ2v) is 4.01. The normalized spacial score (nSPS) is 8.52. The number of nitrogens with zero attached hydrogens (tertiary/aromatic N) is 1. The Hall–Kier alpha value is -2.14. The van der Waals surface area contributed by atoms with Gasteiger partial charge in [-0.25, -0.2) is 4.98 Å². The molecule has 0 fully saturated rings. The Bertz CT molecular complexity index is 546. The zero-order chi connectivity index (χ0) is 19.7. The third-order valence-corrected chi connectivity index (χ3v) is 2.73. The minimum atomic E-state index is -0.651. The van der Waals surface area contributed by atoms with Crippen LogP contribution in [0.4, 0.5) is 10.2 Å². The molecule has 2 rings (SSSR count). The molecule has 0 unspecified atom stereocenters. The van der Waals surface area contributed by atoms with Crippen LogP contribution >= 0.6 is 0 Å². The molecule has 1 heterocycles. The SMILES string of the molecule is CC.CC.CC.COc1ccc(CNc2ccc(CO)c(F)n2)cc1. The van der Waals surface area contributed by atoms with E-state index in [9.17, 15) is 4.39 Å². The number of methoxy groups -OCH3 is 1. The summed E-state index contributed by atoms with van der Waals surface area (Å²) >= 11 is 0. The van der Waals surface area contributed by atoms with E-state index in [1.165, 1.54) is 6.07 Å². The van der Waals surface area contributed by atoms with Crippen LogP contribution in [0, 0.1) is 5.95 Å². The van der Waals surface area contributed by atoms with E-state index in [1.54, 1.807) is 13.2 Å². The number of anilines is 1. The number of halogens is 1. The highest BCUT2D eigenvalue weighted by atomic mass is 19.1. The lowest BCUT2D eigenvalue weighted by molar-refractivity contribution is 0.274. The number of ether oxygens (including phenoxy) is 1. The van der Waals surface area contributed by atoms with Crippen LogP contribution in [-0.2, 0) is 13.2 Å². The number of aromatic nitrogens is 1. The van der Waals surface area contributed by atoms with Gasteiger partial charge in [0.2, 0.25) is 5.95 Å². The number of pyridine rings is 1. The Labute approximate surface area is 152 Å². The summed E-state index contributed by atoms with van der Waals surface area (Å²) < 4.78 is 18.4. The maximum atomic E-state index is 13.3. The van der Waals surface area contributed by atoms with Crippen molar-refractivity contribution in [2.75, 3.05) is 12.4 Å². The molecular weight excluding hydrogens is 319 g/mol. The number of aliphatic hydroxyl groups excluding tert-OH is 1. The molecular formula is C20H33FN2O2. The molecule has 0 aliphatic heterocycles. The van der Waals surface area contributed by atoms with Crippen LogP contribution in [0.5, 0.6) is 5.75 Å². The largest absolute Gasteiger partial charge is 0.497 e. The summed E-state index contributed by atoms with van der Waals surface area (Å²) in [7, 11) is 1.61. The molecule has 5 heteroatoms. The Kier molecular flexibility index (Phi) is 16.8. The van der Waals surface area contributed by atoms with E-state index >= 15 is 0 Å². The Morgan fingerprint density at radius 1 is 0.960 bits per heavy atom. The lowest BCUT2D eigenvalue weighted by atomic mass is 10.2. The molecule has 0 radical (unpaired) electrons. The van der Waals surface area contributed by atoms with Crippen LogP contribution < -0.4 is 10.1 Å². The minimum Gasteiger partial charge on any atom is -0.497 e. The van der Waals surface area contributed by atoms with Gasteiger partial charge in [-0.1, -0.05) is 53.7 Å². The molecule has 0 aliphatic carbocycles. The van der Waals surface area contributed by atoms with Gasteiger partial charge in [-0.15, -0.1) is 0 Å². The van der Waals surface area contributed by atoms with E-state index in [-0.39, 0.29) is 12.2 Å². The van der Waals surface area contributed by atoms with Gasteiger partial charge >= 0.3 is 0 Å². The van der Waals surface area contributed by atoms with E-state index in [0.717, 1.165) is 11.3 Å². The Morgan fingerprint density at radius 3 is 1.96 bits per heavy atom. The average molecular weight is 352 g/mol. The number of rotatable bonds is 5. The van der Waals surface area contributed by atoms with E-state index < -0.39 is 5.95 Å². The highest BCUT2D eigenvalue weighted by Gasteiger charge is 2.04. The van der Waals surface area contributed by atoms with Gasteiger partial charge in [0, 0.05) is 12.1 Å². The van der Waals surface area contributed by atoms with Gasteiger partial charge in [-0.3, -0.25) is 0 Å². The van der Waals surface area contributed by atoms with Gasteiger partial charge in [-0.2, -0.15) is 4.39 Å². The van der Waals surface area contributed by atoms with E-state index in [4.69, 9.17) is 9.84 Å². The summed E-state index contributed by atoms with van der Waals surface area (Å²) in [4.78, 5) is 3.73. The van der Waals surface area contributed by atoms with Crippen LogP contribution in [0.1, 0.15) is 52.7 Å². The van der Waals surface area contributed by atoms with Crippen molar-refractivity contribution in [3.63, 3.8) is 0 Å². The van der Waals surface area contributed by atoms with Crippen LogP contribution in [0.3, 0.4) is 0 Å². The van der Waals surface area contributed by atoms with Crippen molar-refractivity contribution in [2.24, 2.45) is 0 Å². The van der Waals surface area contributed by atoms with Crippen molar-refractivity contribution in [2.45, 2.75) is 54.7 Å². The minimum absolute atomic E-state index is 0.190. The zero-order valence-corrected chi connectivity index (χ0v) is 16.6. The molecule has 1 aromatic carbocycles. The first-order valence-electron chi connectivity index (χ1n) is 8.86. The number of aliphatic hydroxyl groups is 1. The molecule has 142 valence electrons. The molecule has 0 saturated heterocycles. The Balaban J connectivity index is 0. The molecule has 25 heavy (non-hydrogen) atoms. The van der Waals surface area contributed by atoms with Gasteiger partial charge < -0.3 is 15.2 Å². The maximum Gasteiger partial charge on any atom is 0.220 e. The van der Waals surface area contributed by atoms with Crippen LogP contribution in [-0.4, -0.2) is 17.2 Å². The van der Waals surface area contributed by atoms with Crippen molar-refractivity contribution in [1.29, 1.82) is 0 Å². The lowest BCUT2D eigenvalue weighted by Crippen LogP contribution is -2.04. The smallest absolute Gasteiger partial charge is 0.220 e. The number of hydrogen-bond acceptors (Lipinski definition) is 4. The molecule has 2 aromatic rings. The summed E-state index contributed by atoms with van der Waals surface area (Å²) in [5.74, 6) is 0.577. The van der Waals surface area contributed by atoms with Crippen LogP contribution in [0.25, 0.3) is 0 Å². The van der Waals surface area contributed by atoms with Gasteiger partial charge in [0.05, 0.1) is 13.7 Å². The predicted molar refractivity (Wildman–Crippen MR) is 104 cm³/mol. The molecule has 0 aliphatic rings. The van der Waals surface area contributed by atoms with Crippen molar-refractivity contribution in [1.82, 2.24) is 4.98 Å². The molecule has 0 bridgehead atoms. The number of benzene rings is 1. The summed E-state index contributed by atoms with van der Waals surface area (Å²) in [5.41, 5.74) is 1.23. The van der Waals surface area contributed by atoms with Crippen molar-refractivity contribution in [3.8, 4) is 5.75 Å². The summed E-state index contributed by atoms with van der Waals surface area (Å²) in [6.07, 6.45) is 0. The highest BCUT2D eigenvalue weighted by molar-refractivity contribution is 5.38. The van der Waals surface area contributed by atoms with Crippen molar-refractivity contribution in [3.05, 3.63) is 53.5 Å². The fourth-order valence-electron chi connectivity index (χ4n) is 1.62. The third-order valence-electron chi connectivity index (χ3n) is 2.73. The predicted octanol–water partition coefficient (Wildman–Crippen LogP) is 5.41. The van der Waals surface area contributed by atoms with Crippen LogP contribution in [0.15, 0.2) is 36.4 Å². The number of hydrogen-bond donors (Lipinski definition) is 2. The van der Waals surface area contributed by atoms with Crippen molar-refractivity contribution >= 4 is 5.82 Å². The molecule has 0 atom stereocenters. The molecule has 4 nitrogen and oxygen atoms in total. The van der Waals surface area contributed by atoms with E-state index in [2.05, 4.69) is 10.3 Å². The second-order valence-electron chi connectivity index (χ2n) is 4.01. The molecule has 0 amide bonds. The van der Waals surface area contributed by atoms with E-state index in [0.29, 0.717) is 12.4 Å². The molecule has 1 aromatic heterocycles. The van der Waals surface area contributed by atoms with Gasteiger partial charge in [-0.05, 0) is 29.8 Å². The topological polar surface area (TPSA) is 54.4 Å². The number of nitrogens with one attached hydrogen (secondary N) is 1. The van der Waals surface area contributed by atoms with Gasteiger partial charge in [0.15, 0.2) is 0 Å². The monoisotopic (exact) mass is 352 g/mol. The third kappa shape index (κ3) is 9.67. The lowest BCUT2D eigenvalue weighted by Gasteiger charge is -2.07. The first kappa shape index (κ1) is 25.1. The standard InChI is InChI=1S/C14H15FN2O2.3C2H6/c1-19-12-5-2-10(3-6-12)8-16-13-7-4-11(9-18)14(15)17-13;3*1-2/h2-7,18H,8-9H2,1H3,(H,16,17);3*1-2H3. The van der Waals surface area contributed by atoms with E-state index in [1.807, 2.05) is 65.8 Å². The van der Waals surface area contributed by atoms with Gasteiger partial charge in [0.25, 0.3) is 0 Å². The quantitative estimate of drug-likeness (QED) is 0.706. The maximum absolute atomic E-state index is 13.3. The summed E-state index contributed by atoms with van der Waals surface area (Å²) in [5, 5.41) is 11.9. The molecule has 2 N–H and O–H groups in total. The van der Waals surface area contributed by atoms with Crippen LogP contribution in [0.2, 0.25) is 0 Å². The first-order valence-corrected chi connectivity index (χ1v) is 8.86. The average Bonchev–Trinajstić information content (AvgIpc) is 2.71. The zero-order valence-electron chi connectivity index (χ0n) is 16.6. The summed E-state index contributed by atoms with van der Waals surface area (Å²) in [6, 6.07) is 10.7. The first-order chi connectivity index (χ1) is 12.2. The van der Waals surface area contributed by atoms with Crippen molar-refractivity contribution < 1.29 is 14.2 Å². The fraction of sp³-hybridized carbons (Fsp3) is 0.450. The summed E-state index contributed by atoms with van der Waals surface area (Å²) in [6.45, 7) is 12.2. The molecule has 0 spiro atoms. The second kappa shape index (κ2) is 16.7. The van der Waals surface area contributed by atoms with Gasteiger partial charge in [0.1, 0.15) is 11.6 Å². The fourth-order valence-corrected chi connectivity index (χ4v) is 1.62. The molecule has 0 saturated carbocycles.